The molecule has 0 atom stereocenters. The van der Waals surface area contributed by atoms with E-state index >= 15 is 0 Å². The van der Waals surface area contributed by atoms with Crippen molar-refractivity contribution in [2.45, 2.75) is 13.3 Å². The van der Waals surface area contributed by atoms with E-state index in [1.54, 1.807) is 14.2 Å². The highest BCUT2D eigenvalue weighted by molar-refractivity contribution is 9.10. The zero-order valence-electron chi connectivity index (χ0n) is 14.0. The van der Waals surface area contributed by atoms with Crippen LogP contribution in [0.1, 0.15) is 12.0 Å². The summed E-state index contributed by atoms with van der Waals surface area (Å²) in [5.41, 5.74) is 2.69. The second-order valence-corrected chi connectivity index (χ2v) is 6.11. The van der Waals surface area contributed by atoms with E-state index < -0.39 is 0 Å². The molecule has 1 amide bonds. The van der Waals surface area contributed by atoms with Gasteiger partial charge in [0, 0.05) is 29.2 Å². The average Bonchev–Trinajstić information content (AvgIpc) is 2.58. The molecule has 128 valence electrons. The van der Waals surface area contributed by atoms with E-state index in [2.05, 4.69) is 26.6 Å². The number of carbonyl (C=O) groups excluding carboxylic acids is 1. The van der Waals surface area contributed by atoms with Gasteiger partial charge < -0.3 is 20.1 Å². The molecule has 2 aromatic rings. The maximum Gasteiger partial charge on any atom is 0.226 e. The molecule has 0 saturated heterocycles. The van der Waals surface area contributed by atoms with E-state index in [9.17, 15) is 4.79 Å². The summed E-state index contributed by atoms with van der Waals surface area (Å²) in [7, 11) is 3.22. The average molecular weight is 393 g/mol. The van der Waals surface area contributed by atoms with Gasteiger partial charge in [0.25, 0.3) is 0 Å². The molecule has 2 aromatic carbocycles. The fraction of sp³-hybridized carbons (Fsp3) is 0.278. The molecule has 6 heteroatoms. The van der Waals surface area contributed by atoms with Crippen LogP contribution in [0.25, 0.3) is 0 Å². The van der Waals surface area contributed by atoms with Crippen molar-refractivity contribution in [2.24, 2.45) is 0 Å². The molecule has 0 spiro atoms. The first-order chi connectivity index (χ1) is 11.5. The topological polar surface area (TPSA) is 59.6 Å². The summed E-state index contributed by atoms with van der Waals surface area (Å²) in [6.07, 6.45) is 0.339. The Morgan fingerprint density at radius 2 is 1.92 bits per heavy atom. The van der Waals surface area contributed by atoms with Gasteiger partial charge >= 0.3 is 0 Å². The third-order valence-electron chi connectivity index (χ3n) is 3.53. The van der Waals surface area contributed by atoms with Crippen LogP contribution < -0.4 is 20.1 Å². The SMILES string of the molecule is COc1ccc(OC)c(NCCC(=O)Nc2ccc(C)c(Br)c2)c1. The molecule has 0 fully saturated rings. The molecular formula is C18H21BrN2O3. The number of rotatable bonds is 7. The van der Waals surface area contributed by atoms with E-state index in [1.807, 2.05) is 43.3 Å². The predicted molar refractivity (Wildman–Crippen MR) is 100 cm³/mol. The summed E-state index contributed by atoms with van der Waals surface area (Å²) < 4.78 is 11.5. The van der Waals surface area contributed by atoms with Crippen molar-refractivity contribution in [2.75, 3.05) is 31.4 Å². The third kappa shape index (κ3) is 4.89. The van der Waals surface area contributed by atoms with Crippen LogP contribution in [0.2, 0.25) is 0 Å². The molecule has 0 aromatic heterocycles. The Balaban J connectivity index is 1.89. The maximum absolute atomic E-state index is 12.1. The first-order valence-electron chi connectivity index (χ1n) is 7.55. The second kappa shape index (κ2) is 8.59. The highest BCUT2D eigenvalue weighted by Gasteiger charge is 2.07. The molecule has 0 unspecified atom stereocenters. The van der Waals surface area contributed by atoms with Gasteiger partial charge in [-0.15, -0.1) is 0 Å². The molecule has 0 aliphatic heterocycles. The standard InChI is InChI=1S/C18H21BrN2O3/c1-12-4-5-13(10-15(12)19)21-18(22)8-9-20-16-11-14(23-2)6-7-17(16)24-3/h4-7,10-11,20H,8-9H2,1-3H3,(H,21,22). The summed E-state index contributed by atoms with van der Waals surface area (Å²) in [5, 5.41) is 6.08. The van der Waals surface area contributed by atoms with Gasteiger partial charge in [-0.2, -0.15) is 0 Å². The minimum atomic E-state index is -0.0554. The molecular weight excluding hydrogens is 372 g/mol. The monoisotopic (exact) mass is 392 g/mol. The number of carbonyl (C=O) groups is 1. The Labute approximate surface area is 150 Å². The van der Waals surface area contributed by atoms with Crippen molar-refractivity contribution in [3.05, 3.63) is 46.4 Å². The lowest BCUT2D eigenvalue weighted by Gasteiger charge is -2.13. The number of methoxy groups -OCH3 is 2. The quantitative estimate of drug-likeness (QED) is 0.740. The van der Waals surface area contributed by atoms with Crippen LogP contribution in [0.5, 0.6) is 11.5 Å². The maximum atomic E-state index is 12.1. The van der Waals surface area contributed by atoms with Crippen LogP contribution in [0.15, 0.2) is 40.9 Å². The largest absolute Gasteiger partial charge is 0.497 e. The number of nitrogens with one attached hydrogen (secondary N) is 2. The van der Waals surface area contributed by atoms with Crippen LogP contribution in [0.3, 0.4) is 0 Å². The summed E-state index contributed by atoms with van der Waals surface area (Å²) in [5.74, 6) is 1.38. The number of aryl methyl sites for hydroxylation is 1. The fourth-order valence-electron chi connectivity index (χ4n) is 2.16. The second-order valence-electron chi connectivity index (χ2n) is 5.26. The zero-order valence-corrected chi connectivity index (χ0v) is 15.6. The van der Waals surface area contributed by atoms with Gasteiger partial charge in [-0.25, -0.2) is 0 Å². The highest BCUT2D eigenvalue weighted by Crippen LogP contribution is 2.28. The summed E-state index contributed by atoms with van der Waals surface area (Å²) >= 11 is 3.46. The van der Waals surface area contributed by atoms with E-state index in [-0.39, 0.29) is 5.91 Å². The number of halogens is 1. The lowest BCUT2D eigenvalue weighted by atomic mass is 10.2. The predicted octanol–water partition coefficient (Wildman–Crippen LogP) is 4.22. The van der Waals surface area contributed by atoms with Crippen molar-refractivity contribution in [1.82, 2.24) is 0 Å². The number of hydrogen-bond donors (Lipinski definition) is 2. The van der Waals surface area contributed by atoms with E-state index in [0.29, 0.717) is 18.7 Å². The van der Waals surface area contributed by atoms with Gasteiger partial charge in [0.1, 0.15) is 11.5 Å². The molecule has 0 bridgehead atoms. The van der Waals surface area contributed by atoms with Crippen LogP contribution in [0.4, 0.5) is 11.4 Å². The first-order valence-corrected chi connectivity index (χ1v) is 8.34. The molecule has 0 heterocycles. The third-order valence-corrected chi connectivity index (χ3v) is 4.38. The minimum Gasteiger partial charge on any atom is -0.497 e. The Morgan fingerprint density at radius 1 is 1.12 bits per heavy atom. The van der Waals surface area contributed by atoms with E-state index in [0.717, 1.165) is 27.2 Å². The number of anilines is 2. The molecule has 5 nitrogen and oxygen atoms in total. The molecule has 24 heavy (non-hydrogen) atoms. The minimum absolute atomic E-state index is 0.0554. The van der Waals surface area contributed by atoms with Crippen molar-refractivity contribution >= 4 is 33.2 Å². The number of ether oxygens (including phenoxy) is 2. The Kier molecular flexibility index (Phi) is 6.49. The highest BCUT2D eigenvalue weighted by atomic mass is 79.9. The van der Waals surface area contributed by atoms with E-state index in [4.69, 9.17) is 9.47 Å². The molecule has 0 radical (unpaired) electrons. The summed E-state index contributed by atoms with van der Waals surface area (Å²) in [6, 6.07) is 11.2. The molecule has 0 aliphatic carbocycles. The van der Waals surface area contributed by atoms with Crippen molar-refractivity contribution in [3.8, 4) is 11.5 Å². The smallest absolute Gasteiger partial charge is 0.226 e. The van der Waals surface area contributed by atoms with E-state index in [1.165, 1.54) is 0 Å². The van der Waals surface area contributed by atoms with Gasteiger partial charge in [-0.05, 0) is 36.8 Å². The van der Waals surface area contributed by atoms with Crippen LogP contribution >= 0.6 is 15.9 Å². The van der Waals surface area contributed by atoms with Crippen LogP contribution in [-0.2, 0) is 4.79 Å². The number of benzene rings is 2. The van der Waals surface area contributed by atoms with Crippen LogP contribution in [0, 0.1) is 6.92 Å². The molecule has 2 N–H and O–H groups in total. The molecule has 2 rings (SSSR count). The van der Waals surface area contributed by atoms with Gasteiger partial charge in [-0.3, -0.25) is 4.79 Å². The Morgan fingerprint density at radius 3 is 2.58 bits per heavy atom. The molecule has 0 saturated carbocycles. The normalized spacial score (nSPS) is 10.2. The number of hydrogen-bond acceptors (Lipinski definition) is 4. The zero-order chi connectivity index (χ0) is 17.5. The van der Waals surface area contributed by atoms with Gasteiger partial charge in [0.05, 0.1) is 19.9 Å². The van der Waals surface area contributed by atoms with Crippen molar-refractivity contribution < 1.29 is 14.3 Å². The van der Waals surface area contributed by atoms with Gasteiger partial charge in [0.15, 0.2) is 0 Å². The van der Waals surface area contributed by atoms with Gasteiger partial charge in [-0.1, -0.05) is 22.0 Å². The fourth-order valence-corrected chi connectivity index (χ4v) is 2.54. The number of amides is 1. The summed E-state index contributed by atoms with van der Waals surface area (Å²) in [6.45, 7) is 2.49. The Bertz CT molecular complexity index is 719. The van der Waals surface area contributed by atoms with Crippen molar-refractivity contribution in [3.63, 3.8) is 0 Å². The lowest BCUT2D eigenvalue weighted by Crippen LogP contribution is -2.16. The molecule has 0 aliphatic rings. The summed E-state index contributed by atoms with van der Waals surface area (Å²) in [4.78, 5) is 12.1. The van der Waals surface area contributed by atoms with Crippen LogP contribution in [-0.4, -0.2) is 26.7 Å². The first kappa shape index (κ1) is 18.1. The van der Waals surface area contributed by atoms with Crippen molar-refractivity contribution in [1.29, 1.82) is 0 Å². The van der Waals surface area contributed by atoms with Gasteiger partial charge in [0.2, 0.25) is 5.91 Å². The lowest BCUT2D eigenvalue weighted by molar-refractivity contribution is -0.115. The Hall–Kier alpha value is -2.21.